The second-order valence-electron chi connectivity index (χ2n) is 4.49. The summed E-state index contributed by atoms with van der Waals surface area (Å²) in [6, 6.07) is 8.46. The molecule has 1 heterocycles. The number of nitrogens with zero attached hydrogens (tertiary/aromatic N) is 1. The first-order chi connectivity index (χ1) is 8.56. The van der Waals surface area contributed by atoms with E-state index in [4.69, 9.17) is 11.6 Å². The van der Waals surface area contributed by atoms with Crippen LogP contribution in [0, 0.1) is 6.92 Å². The van der Waals surface area contributed by atoms with Crippen molar-refractivity contribution in [3.05, 3.63) is 50.9 Å². The summed E-state index contributed by atoms with van der Waals surface area (Å²) in [4.78, 5) is 4.50. The lowest BCUT2D eigenvalue weighted by Gasteiger charge is -2.19. The highest BCUT2D eigenvalue weighted by Crippen LogP contribution is 2.23. The summed E-state index contributed by atoms with van der Waals surface area (Å²) in [6.45, 7) is 6.30. The normalized spacial score (nSPS) is 14.4. The number of aromatic nitrogens is 1. The Morgan fingerprint density at radius 1 is 1.28 bits per heavy atom. The van der Waals surface area contributed by atoms with E-state index in [-0.39, 0.29) is 12.1 Å². The van der Waals surface area contributed by atoms with Crippen LogP contribution in [0.5, 0.6) is 0 Å². The molecule has 0 saturated heterocycles. The van der Waals surface area contributed by atoms with Crippen molar-refractivity contribution in [3.63, 3.8) is 0 Å². The van der Waals surface area contributed by atoms with E-state index in [0.717, 1.165) is 15.7 Å². The number of nitrogens with one attached hydrogen (secondary N) is 1. The van der Waals surface area contributed by atoms with Crippen LogP contribution >= 0.6 is 22.9 Å². The molecule has 0 bridgehead atoms. The predicted molar refractivity (Wildman–Crippen MR) is 78.3 cm³/mol. The Morgan fingerprint density at radius 3 is 2.67 bits per heavy atom. The molecule has 0 radical (unpaired) electrons. The van der Waals surface area contributed by atoms with Gasteiger partial charge in [-0.3, -0.25) is 0 Å². The number of hydrogen-bond donors (Lipinski definition) is 1. The van der Waals surface area contributed by atoms with Crippen molar-refractivity contribution in [2.45, 2.75) is 32.9 Å². The van der Waals surface area contributed by atoms with E-state index in [2.05, 4.69) is 35.6 Å². The summed E-state index contributed by atoms with van der Waals surface area (Å²) in [5.41, 5.74) is 2.28. The molecule has 2 aromatic rings. The molecule has 4 heteroatoms. The molecule has 2 nitrogen and oxygen atoms in total. The van der Waals surface area contributed by atoms with Crippen LogP contribution in [0.1, 0.15) is 42.2 Å². The fourth-order valence-corrected chi connectivity index (χ4v) is 2.90. The van der Waals surface area contributed by atoms with Crippen LogP contribution < -0.4 is 5.32 Å². The van der Waals surface area contributed by atoms with Gasteiger partial charge in [0, 0.05) is 22.1 Å². The topological polar surface area (TPSA) is 24.9 Å². The van der Waals surface area contributed by atoms with Gasteiger partial charge in [0.1, 0.15) is 5.01 Å². The van der Waals surface area contributed by atoms with Gasteiger partial charge >= 0.3 is 0 Å². The van der Waals surface area contributed by atoms with Gasteiger partial charge in [-0.2, -0.15) is 0 Å². The molecule has 2 unspecified atom stereocenters. The smallest absolute Gasteiger partial charge is 0.110 e. The summed E-state index contributed by atoms with van der Waals surface area (Å²) in [6.07, 6.45) is 0. The maximum atomic E-state index is 6.01. The zero-order chi connectivity index (χ0) is 13.1. The van der Waals surface area contributed by atoms with Crippen molar-refractivity contribution in [3.8, 4) is 0 Å². The predicted octanol–water partition coefficient (Wildman–Crippen LogP) is 4.52. The van der Waals surface area contributed by atoms with Gasteiger partial charge < -0.3 is 5.32 Å². The Bertz CT molecular complexity index is 524. The summed E-state index contributed by atoms with van der Waals surface area (Å²) in [7, 11) is 0. The molecule has 2 rings (SSSR count). The minimum absolute atomic E-state index is 0.248. The van der Waals surface area contributed by atoms with E-state index in [0.29, 0.717) is 0 Å². The van der Waals surface area contributed by atoms with E-state index >= 15 is 0 Å². The maximum Gasteiger partial charge on any atom is 0.110 e. The molecule has 0 aliphatic heterocycles. The molecule has 96 valence electrons. The lowest BCUT2D eigenvalue weighted by atomic mass is 10.1. The van der Waals surface area contributed by atoms with Crippen molar-refractivity contribution in [1.29, 1.82) is 0 Å². The molecule has 1 aromatic heterocycles. The Labute approximate surface area is 117 Å². The van der Waals surface area contributed by atoms with Crippen molar-refractivity contribution in [2.24, 2.45) is 0 Å². The SMILES string of the molecule is Cc1csc(C(C)NC(C)c2cccc(Cl)c2)n1. The van der Waals surface area contributed by atoms with Crippen LogP contribution in [0.4, 0.5) is 0 Å². The summed E-state index contributed by atoms with van der Waals surface area (Å²) in [5, 5.41) is 7.53. The average Bonchev–Trinajstić information content (AvgIpc) is 2.76. The third-order valence-electron chi connectivity index (χ3n) is 2.86. The molecule has 0 saturated carbocycles. The largest absolute Gasteiger partial charge is 0.302 e. The number of benzene rings is 1. The molecular formula is C14H17ClN2S. The number of thiazole rings is 1. The highest BCUT2D eigenvalue weighted by Gasteiger charge is 2.13. The van der Waals surface area contributed by atoms with Crippen molar-refractivity contribution in [1.82, 2.24) is 10.3 Å². The Morgan fingerprint density at radius 2 is 2.06 bits per heavy atom. The summed E-state index contributed by atoms with van der Waals surface area (Å²) >= 11 is 7.71. The monoisotopic (exact) mass is 280 g/mol. The van der Waals surface area contributed by atoms with Gasteiger partial charge in [-0.25, -0.2) is 4.98 Å². The van der Waals surface area contributed by atoms with E-state index in [1.807, 2.05) is 25.1 Å². The number of aryl methyl sites for hydroxylation is 1. The van der Waals surface area contributed by atoms with Crippen LogP contribution in [0.3, 0.4) is 0 Å². The van der Waals surface area contributed by atoms with Crippen LogP contribution in [0.25, 0.3) is 0 Å². The second-order valence-corrected chi connectivity index (χ2v) is 5.82. The quantitative estimate of drug-likeness (QED) is 0.891. The number of hydrogen-bond acceptors (Lipinski definition) is 3. The highest BCUT2D eigenvalue weighted by molar-refractivity contribution is 7.09. The van der Waals surface area contributed by atoms with E-state index in [9.17, 15) is 0 Å². The second kappa shape index (κ2) is 5.83. The average molecular weight is 281 g/mol. The van der Waals surface area contributed by atoms with E-state index < -0.39 is 0 Å². The standard InChI is InChI=1S/C14H17ClN2S/c1-9-8-18-14(16-9)11(3)17-10(2)12-5-4-6-13(15)7-12/h4-8,10-11,17H,1-3H3. The zero-order valence-corrected chi connectivity index (χ0v) is 12.3. The lowest BCUT2D eigenvalue weighted by molar-refractivity contribution is 0.492. The lowest BCUT2D eigenvalue weighted by Crippen LogP contribution is -2.22. The minimum atomic E-state index is 0.248. The van der Waals surface area contributed by atoms with Crippen LogP contribution in [-0.2, 0) is 0 Å². The first-order valence-electron chi connectivity index (χ1n) is 6.00. The summed E-state index contributed by atoms with van der Waals surface area (Å²) in [5.74, 6) is 0. The fourth-order valence-electron chi connectivity index (χ4n) is 1.89. The highest BCUT2D eigenvalue weighted by atomic mass is 35.5. The van der Waals surface area contributed by atoms with Gasteiger partial charge in [0.25, 0.3) is 0 Å². The Kier molecular flexibility index (Phi) is 4.38. The molecule has 2 atom stereocenters. The van der Waals surface area contributed by atoms with Crippen molar-refractivity contribution >= 4 is 22.9 Å². The third kappa shape index (κ3) is 3.31. The fraction of sp³-hybridized carbons (Fsp3) is 0.357. The van der Waals surface area contributed by atoms with Crippen molar-refractivity contribution in [2.75, 3.05) is 0 Å². The number of halogens is 1. The molecular weight excluding hydrogens is 264 g/mol. The first kappa shape index (κ1) is 13.5. The molecule has 18 heavy (non-hydrogen) atoms. The van der Waals surface area contributed by atoms with Gasteiger partial charge in [-0.1, -0.05) is 23.7 Å². The third-order valence-corrected chi connectivity index (χ3v) is 4.24. The van der Waals surface area contributed by atoms with Crippen LogP contribution in [0.15, 0.2) is 29.6 Å². The molecule has 0 amide bonds. The molecule has 0 aliphatic rings. The molecule has 0 fully saturated rings. The molecule has 0 spiro atoms. The van der Waals surface area contributed by atoms with Crippen molar-refractivity contribution < 1.29 is 0 Å². The van der Waals surface area contributed by atoms with Crippen LogP contribution in [0.2, 0.25) is 5.02 Å². The van der Waals surface area contributed by atoms with E-state index in [1.165, 1.54) is 5.56 Å². The Balaban J connectivity index is 2.05. The Hall–Kier alpha value is -0.900. The zero-order valence-electron chi connectivity index (χ0n) is 10.8. The number of rotatable bonds is 4. The molecule has 1 aromatic carbocycles. The molecule has 1 N–H and O–H groups in total. The van der Waals surface area contributed by atoms with Gasteiger partial charge in [0.2, 0.25) is 0 Å². The van der Waals surface area contributed by atoms with Gasteiger partial charge in [0.15, 0.2) is 0 Å². The van der Waals surface area contributed by atoms with Gasteiger partial charge in [0.05, 0.1) is 6.04 Å². The van der Waals surface area contributed by atoms with E-state index in [1.54, 1.807) is 11.3 Å². The summed E-state index contributed by atoms with van der Waals surface area (Å²) < 4.78 is 0. The minimum Gasteiger partial charge on any atom is -0.302 e. The first-order valence-corrected chi connectivity index (χ1v) is 7.25. The molecule has 0 aliphatic carbocycles. The van der Waals surface area contributed by atoms with Gasteiger partial charge in [-0.15, -0.1) is 11.3 Å². The maximum absolute atomic E-state index is 6.01. The van der Waals surface area contributed by atoms with Gasteiger partial charge in [-0.05, 0) is 38.5 Å². The van der Waals surface area contributed by atoms with Crippen LogP contribution in [-0.4, -0.2) is 4.98 Å².